The summed E-state index contributed by atoms with van der Waals surface area (Å²) in [6.07, 6.45) is 5.27. The molecule has 5 heteroatoms. The second-order valence-corrected chi connectivity index (χ2v) is 5.63. The molecule has 0 aliphatic heterocycles. The van der Waals surface area contributed by atoms with E-state index in [2.05, 4.69) is 26.2 Å². The Balaban J connectivity index is 2.00. The number of nitrogens with zero attached hydrogens (tertiary/aromatic N) is 1. The number of aromatic nitrogens is 1. The predicted octanol–water partition coefficient (Wildman–Crippen LogP) is 3.21. The van der Waals surface area contributed by atoms with Crippen molar-refractivity contribution in [2.24, 2.45) is 5.92 Å². The molecule has 1 fully saturated rings. The summed E-state index contributed by atoms with van der Waals surface area (Å²) < 4.78 is 0.847. The first-order valence-corrected chi connectivity index (χ1v) is 6.97. The summed E-state index contributed by atoms with van der Waals surface area (Å²) in [5, 5.41) is 12.4. The minimum Gasteiger partial charge on any atom is -0.481 e. The zero-order chi connectivity index (χ0) is 13.1. The van der Waals surface area contributed by atoms with Gasteiger partial charge in [0, 0.05) is 6.04 Å². The van der Waals surface area contributed by atoms with Crippen LogP contribution in [-0.2, 0) is 4.79 Å². The molecule has 2 unspecified atom stereocenters. The number of carboxylic acids is 1. The van der Waals surface area contributed by atoms with Gasteiger partial charge in [0.2, 0.25) is 0 Å². The van der Waals surface area contributed by atoms with Crippen LogP contribution < -0.4 is 5.32 Å². The number of hydrogen-bond acceptors (Lipinski definition) is 3. The van der Waals surface area contributed by atoms with Gasteiger partial charge in [-0.1, -0.05) is 6.42 Å². The first kappa shape index (κ1) is 13.3. The summed E-state index contributed by atoms with van der Waals surface area (Å²) in [5.41, 5.74) is 2.04. The van der Waals surface area contributed by atoms with E-state index in [0.717, 1.165) is 35.1 Å². The van der Waals surface area contributed by atoms with Gasteiger partial charge in [-0.25, -0.2) is 4.98 Å². The number of rotatable bonds is 3. The van der Waals surface area contributed by atoms with E-state index in [4.69, 9.17) is 5.11 Å². The highest BCUT2D eigenvalue weighted by Gasteiger charge is 2.26. The van der Waals surface area contributed by atoms with E-state index >= 15 is 0 Å². The fraction of sp³-hybridized carbons (Fsp3) is 0.538. The van der Waals surface area contributed by atoms with E-state index < -0.39 is 5.97 Å². The smallest absolute Gasteiger partial charge is 0.306 e. The predicted molar refractivity (Wildman–Crippen MR) is 73.7 cm³/mol. The first-order valence-electron chi connectivity index (χ1n) is 6.17. The molecule has 2 N–H and O–H groups in total. The van der Waals surface area contributed by atoms with E-state index in [9.17, 15) is 4.79 Å². The summed E-state index contributed by atoms with van der Waals surface area (Å²) >= 11 is 3.37. The minimum atomic E-state index is -0.674. The van der Waals surface area contributed by atoms with Gasteiger partial charge in [-0.15, -0.1) is 0 Å². The normalized spacial score (nSPS) is 23.7. The quantitative estimate of drug-likeness (QED) is 0.841. The summed E-state index contributed by atoms with van der Waals surface area (Å²) in [6.45, 7) is 1.99. The Kier molecular flexibility index (Phi) is 4.22. The van der Waals surface area contributed by atoms with Crippen molar-refractivity contribution < 1.29 is 9.90 Å². The molecular formula is C13H17BrN2O2. The molecule has 2 rings (SSSR count). The molecule has 1 aliphatic rings. The van der Waals surface area contributed by atoms with Crippen molar-refractivity contribution in [2.75, 3.05) is 5.32 Å². The van der Waals surface area contributed by atoms with E-state index in [0.29, 0.717) is 6.42 Å². The summed E-state index contributed by atoms with van der Waals surface area (Å²) in [7, 11) is 0. The Morgan fingerprint density at radius 1 is 1.56 bits per heavy atom. The molecule has 2 atom stereocenters. The number of aliphatic carboxylic acids is 1. The van der Waals surface area contributed by atoms with Crippen molar-refractivity contribution in [2.45, 2.75) is 38.6 Å². The van der Waals surface area contributed by atoms with Gasteiger partial charge in [0.15, 0.2) is 0 Å². The van der Waals surface area contributed by atoms with Gasteiger partial charge in [0.1, 0.15) is 4.60 Å². The SMILES string of the molecule is Cc1cc(NC2CCCC(C(=O)O)C2)cnc1Br. The number of carboxylic acid groups (broad SMARTS) is 1. The number of carbonyl (C=O) groups is 1. The molecule has 0 amide bonds. The number of hydrogen-bond donors (Lipinski definition) is 2. The molecule has 1 aromatic rings. The number of aryl methyl sites for hydroxylation is 1. The zero-order valence-electron chi connectivity index (χ0n) is 10.3. The fourth-order valence-corrected chi connectivity index (χ4v) is 2.63. The molecule has 1 heterocycles. The van der Waals surface area contributed by atoms with Crippen LogP contribution in [-0.4, -0.2) is 22.1 Å². The van der Waals surface area contributed by atoms with Crippen LogP contribution in [0.15, 0.2) is 16.9 Å². The van der Waals surface area contributed by atoms with Crippen LogP contribution in [0.4, 0.5) is 5.69 Å². The Morgan fingerprint density at radius 2 is 2.33 bits per heavy atom. The Morgan fingerprint density at radius 3 is 3.00 bits per heavy atom. The second kappa shape index (κ2) is 5.69. The van der Waals surface area contributed by atoms with Crippen LogP contribution in [0.3, 0.4) is 0 Å². The van der Waals surface area contributed by atoms with Crippen molar-refractivity contribution in [1.29, 1.82) is 0 Å². The van der Waals surface area contributed by atoms with E-state index in [1.54, 1.807) is 6.20 Å². The summed E-state index contributed by atoms with van der Waals surface area (Å²) in [5.74, 6) is -0.882. The molecule has 18 heavy (non-hydrogen) atoms. The molecule has 4 nitrogen and oxygen atoms in total. The Hall–Kier alpha value is -1.10. The first-order chi connectivity index (χ1) is 8.56. The lowest BCUT2D eigenvalue weighted by molar-refractivity contribution is -0.142. The largest absolute Gasteiger partial charge is 0.481 e. The topological polar surface area (TPSA) is 62.2 Å². The highest BCUT2D eigenvalue weighted by Crippen LogP contribution is 2.27. The number of anilines is 1. The number of pyridine rings is 1. The molecule has 0 aromatic carbocycles. The van der Waals surface area contributed by atoms with Gasteiger partial charge in [0.25, 0.3) is 0 Å². The van der Waals surface area contributed by atoms with Crippen molar-refractivity contribution in [1.82, 2.24) is 4.98 Å². The highest BCUT2D eigenvalue weighted by atomic mass is 79.9. The molecule has 1 aromatic heterocycles. The summed E-state index contributed by atoms with van der Waals surface area (Å²) in [4.78, 5) is 15.2. The maximum atomic E-state index is 11.0. The van der Waals surface area contributed by atoms with Crippen LogP contribution in [0, 0.1) is 12.8 Å². The molecule has 0 spiro atoms. The van der Waals surface area contributed by atoms with Gasteiger partial charge < -0.3 is 10.4 Å². The highest BCUT2D eigenvalue weighted by molar-refractivity contribution is 9.10. The van der Waals surface area contributed by atoms with Gasteiger partial charge >= 0.3 is 5.97 Å². The Labute approximate surface area is 115 Å². The molecule has 0 saturated heterocycles. The Bertz CT molecular complexity index is 451. The maximum absolute atomic E-state index is 11.0. The lowest BCUT2D eigenvalue weighted by atomic mass is 9.86. The van der Waals surface area contributed by atoms with Crippen molar-refractivity contribution in [3.05, 3.63) is 22.4 Å². The van der Waals surface area contributed by atoms with Crippen LogP contribution in [0.2, 0.25) is 0 Å². The van der Waals surface area contributed by atoms with Crippen LogP contribution >= 0.6 is 15.9 Å². The lowest BCUT2D eigenvalue weighted by Crippen LogP contribution is -2.31. The maximum Gasteiger partial charge on any atom is 0.306 e. The number of halogens is 1. The molecule has 1 aliphatic carbocycles. The van der Waals surface area contributed by atoms with E-state index in [1.165, 1.54) is 0 Å². The van der Waals surface area contributed by atoms with Crippen LogP contribution in [0.1, 0.15) is 31.2 Å². The van der Waals surface area contributed by atoms with E-state index in [1.807, 2.05) is 13.0 Å². The van der Waals surface area contributed by atoms with Gasteiger partial charge in [0.05, 0.1) is 17.8 Å². The van der Waals surface area contributed by atoms with Crippen molar-refractivity contribution >= 4 is 27.6 Å². The van der Waals surface area contributed by atoms with Gasteiger partial charge in [-0.2, -0.15) is 0 Å². The third-order valence-corrected chi connectivity index (χ3v) is 4.24. The van der Waals surface area contributed by atoms with Crippen LogP contribution in [0.25, 0.3) is 0 Å². The third-order valence-electron chi connectivity index (χ3n) is 3.41. The molecule has 1 saturated carbocycles. The standard InChI is InChI=1S/C13H17BrN2O2/c1-8-5-11(7-15-12(8)14)16-10-4-2-3-9(6-10)13(17)18/h5,7,9-10,16H,2-4,6H2,1H3,(H,17,18). The number of nitrogens with one attached hydrogen (secondary N) is 1. The third kappa shape index (κ3) is 3.22. The summed E-state index contributed by atoms with van der Waals surface area (Å²) in [6, 6.07) is 2.27. The molecule has 0 bridgehead atoms. The lowest BCUT2D eigenvalue weighted by Gasteiger charge is -2.28. The monoisotopic (exact) mass is 312 g/mol. The molecular weight excluding hydrogens is 296 g/mol. The van der Waals surface area contributed by atoms with Crippen molar-refractivity contribution in [3.63, 3.8) is 0 Å². The van der Waals surface area contributed by atoms with Crippen molar-refractivity contribution in [3.8, 4) is 0 Å². The molecule has 0 radical (unpaired) electrons. The average molecular weight is 313 g/mol. The van der Waals surface area contributed by atoms with Gasteiger partial charge in [-0.3, -0.25) is 4.79 Å². The molecule has 98 valence electrons. The van der Waals surface area contributed by atoms with Gasteiger partial charge in [-0.05, 0) is 53.7 Å². The van der Waals surface area contributed by atoms with Crippen LogP contribution in [0.5, 0.6) is 0 Å². The average Bonchev–Trinajstić information content (AvgIpc) is 2.34. The second-order valence-electron chi connectivity index (χ2n) is 4.87. The fourth-order valence-electron chi connectivity index (χ4n) is 2.42. The zero-order valence-corrected chi connectivity index (χ0v) is 11.9. The van der Waals surface area contributed by atoms with E-state index in [-0.39, 0.29) is 12.0 Å². The minimum absolute atomic E-state index is 0.208.